The van der Waals surface area contributed by atoms with Gasteiger partial charge in [-0.25, -0.2) is 0 Å². The van der Waals surface area contributed by atoms with Gasteiger partial charge in [0.05, 0.1) is 5.56 Å². The second-order valence-corrected chi connectivity index (χ2v) is 5.25. The molecular formula is C15H14ClNOS. The fraction of sp³-hybridized carbons (Fsp3) is 0.133. The van der Waals surface area contributed by atoms with Crippen molar-refractivity contribution in [2.24, 2.45) is 5.73 Å². The van der Waals surface area contributed by atoms with Gasteiger partial charge < -0.3 is 10.5 Å². The maximum atomic E-state index is 5.99. The number of rotatable bonds is 3. The predicted octanol–water partition coefficient (Wildman–Crippen LogP) is 4.38. The maximum Gasteiger partial charge on any atom is 0.139 e. The number of hydrogen-bond donors (Lipinski definition) is 1. The quantitative estimate of drug-likeness (QED) is 0.852. The van der Waals surface area contributed by atoms with Crippen LogP contribution in [0.3, 0.4) is 0 Å². The summed E-state index contributed by atoms with van der Waals surface area (Å²) in [5.41, 5.74) is 8.60. The van der Waals surface area contributed by atoms with Gasteiger partial charge in [-0.2, -0.15) is 0 Å². The minimum absolute atomic E-state index is 0.288. The second-order valence-electron chi connectivity index (χ2n) is 4.38. The molecule has 0 heterocycles. The molecule has 0 spiro atoms. The Labute approximate surface area is 123 Å². The van der Waals surface area contributed by atoms with Crippen molar-refractivity contribution in [2.75, 3.05) is 0 Å². The van der Waals surface area contributed by atoms with Crippen LogP contribution in [0.1, 0.15) is 16.7 Å². The van der Waals surface area contributed by atoms with E-state index in [4.69, 9.17) is 34.3 Å². The number of nitrogens with two attached hydrogens (primary N) is 1. The Hall–Kier alpha value is -1.58. The summed E-state index contributed by atoms with van der Waals surface area (Å²) in [5.74, 6) is 1.34. The van der Waals surface area contributed by atoms with Crippen LogP contribution in [0.15, 0.2) is 36.4 Å². The van der Waals surface area contributed by atoms with E-state index in [1.54, 1.807) is 18.2 Å². The Morgan fingerprint density at radius 2 is 1.84 bits per heavy atom. The summed E-state index contributed by atoms with van der Waals surface area (Å²) < 4.78 is 5.89. The predicted molar refractivity (Wildman–Crippen MR) is 83.3 cm³/mol. The van der Waals surface area contributed by atoms with Gasteiger partial charge in [0.15, 0.2) is 0 Å². The van der Waals surface area contributed by atoms with Crippen molar-refractivity contribution >= 4 is 28.8 Å². The third kappa shape index (κ3) is 3.25. The highest BCUT2D eigenvalue weighted by molar-refractivity contribution is 7.80. The lowest BCUT2D eigenvalue weighted by Crippen LogP contribution is -2.10. The van der Waals surface area contributed by atoms with Crippen molar-refractivity contribution in [2.45, 2.75) is 13.8 Å². The molecule has 0 saturated heterocycles. The SMILES string of the molecule is Cc1ccc(Oc2cc(Cl)ccc2C(N)=S)c(C)c1. The Bertz CT molecular complexity index is 640. The molecule has 0 aromatic heterocycles. The van der Waals surface area contributed by atoms with Gasteiger partial charge in [0, 0.05) is 11.1 Å². The average molecular weight is 292 g/mol. The lowest BCUT2D eigenvalue weighted by atomic mass is 10.1. The summed E-state index contributed by atoms with van der Waals surface area (Å²) >= 11 is 11.0. The van der Waals surface area contributed by atoms with Crippen LogP contribution in [0.2, 0.25) is 5.02 Å². The van der Waals surface area contributed by atoms with Crippen molar-refractivity contribution in [3.8, 4) is 11.5 Å². The van der Waals surface area contributed by atoms with E-state index >= 15 is 0 Å². The van der Waals surface area contributed by atoms with E-state index in [0.29, 0.717) is 16.3 Å². The summed E-state index contributed by atoms with van der Waals surface area (Å²) in [6.45, 7) is 4.03. The first-order valence-electron chi connectivity index (χ1n) is 5.82. The van der Waals surface area contributed by atoms with Gasteiger partial charge in [0.25, 0.3) is 0 Å². The smallest absolute Gasteiger partial charge is 0.139 e. The molecule has 0 radical (unpaired) electrons. The highest BCUT2D eigenvalue weighted by Gasteiger charge is 2.10. The molecule has 0 aliphatic rings. The molecule has 0 aliphatic carbocycles. The van der Waals surface area contributed by atoms with Crippen LogP contribution in [-0.4, -0.2) is 4.99 Å². The molecule has 0 aliphatic heterocycles. The van der Waals surface area contributed by atoms with Gasteiger partial charge in [-0.3, -0.25) is 0 Å². The first-order chi connectivity index (χ1) is 8.97. The molecule has 0 unspecified atom stereocenters. The number of thiocarbonyl (C=S) groups is 1. The van der Waals surface area contributed by atoms with E-state index in [1.807, 2.05) is 26.0 Å². The topological polar surface area (TPSA) is 35.2 Å². The molecule has 0 bridgehead atoms. The van der Waals surface area contributed by atoms with Crippen molar-refractivity contribution in [3.63, 3.8) is 0 Å². The number of ether oxygens (including phenoxy) is 1. The van der Waals surface area contributed by atoms with E-state index in [0.717, 1.165) is 11.3 Å². The van der Waals surface area contributed by atoms with E-state index in [-0.39, 0.29) is 4.99 Å². The molecule has 98 valence electrons. The highest BCUT2D eigenvalue weighted by Crippen LogP contribution is 2.30. The van der Waals surface area contributed by atoms with E-state index in [2.05, 4.69) is 6.07 Å². The lowest BCUT2D eigenvalue weighted by Gasteiger charge is -2.13. The first kappa shape index (κ1) is 13.8. The largest absolute Gasteiger partial charge is 0.456 e. The standard InChI is InChI=1S/C15H14ClNOS/c1-9-3-6-13(10(2)7-9)18-14-8-11(16)4-5-12(14)15(17)19/h3-8H,1-2H3,(H2,17,19). The van der Waals surface area contributed by atoms with Gasteiger partial charge in [-0.15, -0.1) is 0 Å². The van der Waals surface area contributed by atoms with E-state index in [1.165, 1.54) is 5.56 Å². The Kier molecular flexibility index (Phi) is 4.08. The molecule has 2 rings (SSSR count). The van der Waals surface area contributed by atoms with Gasteiger partial charge in [-0.1, -0.05) is 41.5 Å². The summed E-state index contributed by atoms with van der Waals surface area (Å²) in [6, 6.07) is 11.2. The molecule has 2 aromatic carbocycles. The summed E-state index contributed by atoms with van der Waals surface area (Å²) in [7, 11) is 0. The fourth-order valence-corrected chi connectivity index (χ4v) is 2.15. The molecule has 0 amide bonds. The van der Waals surface area contributed by atoms with E-state index in [9.17, 15) is 0 Å². The molecule has 2 aromatic rings. The average Bonchev–Trinajstić information content (AvgIpc) is 2.32. The van der Waals surface area contributed by atoms with Crippen LogP contribution in [0.4, 0.5) is 0 Å². The van der Waals surface area contributed by atoms with Crippen LogP contribution in [0.5, 0.6) is 11.5 Å². The zero-order chi connectivity index (χ0) is 14.0. The number of aryl methyl sites for hydroxylation is 2. The monoisotopic (exact) mass is 291 g/mol. The third-order valence-corrected chi connectivity index (χ3v) is 3.21. The normalized spacial score (nSPS) is 10.3. The summed E-state index contributed by atoms with van der Waals surface area (Å²) in [6.07, 6.45) is 0. The van der Waals surface area contributed by atoms with Crippen LogP contribution in [-0.2, 0) is 0 Å². The molecule has 0 fully saturated rings. The van der Waals surface area contributed by atoms with Gasteiger partial charge >= 0.3 is 0 Å². The molecule has 0 atom stereocenters. The molecule has 4 heteroatoms. The zero-order valence-corrected chi connectivity index (χ0v) is 12.3. The van der Waals surface area contributed by atoms with Gasteiger partial charge in [0.1, 0.15) is 16.5 Å². The van der Waals surface area contributed by atoms with Crippen molar-refractivity contribution in [1.82, 2.24) is 0 Å². The molecule has 2 nitrogen and oxygen atoms in total. The number of benzene rings is 2. The minimum Gasteiger partial charge on any atom is -0.456 e. The van der Waals surface area contributed by atoms with Crippen molar-refractivity contribution in [1.29, 1.82) is 0 Å². The van der Waals surface area contributed by atoms with E-state index < -0.39 is 0 Å². The van der Waals surface area contributed by atoms with Gasteiger partial charge in [-0.05, 0) is 37.6 Å². The Balaban J connectivity index is 2.42. The Morgan fingerprint density at radius 1 is 1.11 bits per heavy atom. The molecular weight excluding hydrogens is 278 g/mol. The van der Waals surface area contributed by atoms with Crippen molar-refractivity contribution in [3.05, 3.63) is 58.1 Å². The fourth-order valence-electron chi connectivity index (χ4n) is 1.82. The summed E-state index contributed by atoms with van der Waals surface area (Å²) in [4.78, 5) is 0.288. The lowest BCUT2D eigenvalue weighted by molar-refractivity contribution is 0.478. The van der Waals surface area contributed by atoms with Crippen LogP contribution < -0.4 is 10.5 Å². The van der Waals surface area contributed by atoms with Crippen LogP contribution in [0.25, 0.3) is 0 Å². The maximum absolute atomic E-state index is 5.99. The van der Waals surface area contributed by atoms with Crippen LogP contribution in [0, 0.1) is 13.8 Å². The molecule has 2 N–H and O–H groups in total. The zero-order valence-electron chi connectivity index (χ0n) is 10.7. The highest BCUT2D eigenvalue weighted by atomic mass is 35.5. The second kappa shape index (κ2) is 5.59. The number of halogens is 1. The first-order valence-corrected chi connectivity index (χ1v) is 6.60. The summed E-state index contributed by atoms with van der Waals surface area (Å²) in [5, 5.41) is 0.583. The minimum atomic E-state index is 0.288. The molecule has 0 saturated carbocycles. The number of hydrogen-bond acceptors (Lipinski definition) is 2. The third-order valence-electron chi connectivity index (χ3n) is 2.76. The molecule has 19 heavy (non-hydrogen) atoms. The van der Waals surface area contributed by atoms with Crippen molar-refractivity contribution < 1.29 is 4.74 Å². The van der Waals surface area contributed by atoms with Gasteiger partial charge in [0.2, 0.25) is 0 Å². The van der Waals surface area contributed by atoms with Crippen LogP contribution >= 0.6 is 23.8 Å². The Morgan fingerprint density at radius 3 is 2.47 bits per heavy atom.